The van der Waals surface area contributed by atoms with Crippen molar-refractivity contribution in [1.29, 1.82) is 0 Å². The molecule has 0 saturated heterocycles. The maximum Gasteiger partial charge on any atom is 0.0969 e. The summed E-state index contributed by atoms with van der Waals surface area (Å²) in [6.45, 7) is 1.13. The van der Waals surface area contributed by atoms with Crippen molar-refractivity contribution in [1.82, 2.24) is 9.78 Å². The second-order valence-electron chi connectivity index (χ2n) is 4.18. The van der Waals surface area contributed by atoms with Crippen molar-refractivity contribution in [3.8, 4) is 0 Å². The van der Waals surface area contributed by atoms with Crippen LogP contribution in [-0.4, -0.2) is 27.6 Å². The molecule has 0 aliphatic heterocycles. The van der Waals surface area contributed by atoms with Gasteiger partial charge in [-0.05, 0) is 33.6 Å². The third-order valence-corrected chi connectivity index (χ3v) is 3.15. The van der Waals surface area contributed by atoms with Gasteiger partial charge in [0.15, 0.2) is 0 Å². The quantitative estimate of drug-likeness (QED) is 0.876. The summed E-state index contributed by atoms with van der Waals surface area (Å²) in [7, 11) is 0. The van der Waals surface area contributed by atoms with Crippen LogP contribution in [0.25, 0.3) is 0 Å². The molecule has 102 valence electrons. The predicted octanol–water partition coefficient (Wildman–Crippen LogP) is 2.88. The molecule has 1 unspecified atom stereocenters. The van der Waals surface area contributed by atoms with Gasteiger partial charge in [0.05, 0.1) is 36.5 Å². The highest BCUT2D eigenvalue weighted by Gasteiger charge is 2.06. The molecule has 0 saturated carbocycles. The van der Waals surface area contributed by atoms with Gasteiger partial charge in [0, 0.05) is 11.2 Å². The largest absolute Gasteiger partial charge is 0.389 e. The van der Waals surface area contributed by atoms with Crippen LogP contribution < -0.4 is 0 Å². The monoisotopic (exact) mass is 344 g/mol. The minimum atomic E-state index is -0.584. The van der Waals surface area contributed by atoms with Crippen LogP contribution in [0.5, 0.6) is 0 Å². The van der Waals surface area contributed by atoms with Gasteiger partial charge in [-0.15, -0.1) is 0 Å². The van der Waals surface area contributed by atoms with Gasteiger partial charge in [-0.3, -0.25) is 4.68 Å². The van der Waals surface area contributed by atoms with E-state index < -0.39 is 6.10 Å². The van der Waals surface area contributed by atoms with Crippen molar-refractivity contribution in [2.45, 2.75) is 19.3 Å². The number of nitrogens with zero attached hydrogens (tertiary/aromatic N) is 2. The highest BCUT2D eigenvalue weighted by molar-refractivity contribution is 9.10. The Kier molecular flexibility index (Phi) is 5.39. The first-order chi connectivity index (χ1) is 9.13. The first-order valence-corrected chi connectivity index (χ1v) is 6.99. The molecule has 1 aromatic carbocycles. The van der Waals surface area contributed by atoms with Crippen LogP contribution >= 0.6 is 27.5 Å². The zero-order valence-corrected chi connectivity index (χ0v) is 12.5. The van der Waals surface area contributed by atoms with E-state index in [-0.39, 0.29) is 6.61 Å². The van der Waals surface area contributed by atoms with Crippen LogP contribution in [0.1, 0.15) is 5.56 Å². The van der Waals surface area contributed by atoms with E-state index in [1.807, 2.05) is 30.5 Å². The zero-order chi connectivity index (χ0) is 13.7. The summed E-state index contributed by atoms with van der Waals surface area (Å²) < 4.78 is 8.01. The van der Waals surface area contributed by atoms with Crippen molar-refractivity contribution in [2.75, 3.05) is 6.61 Å². The number of aromatic nitrogens is 2. The molecule has 4 nitrogen and oxygen atoms in total. The fourth-order valence-corrected chi connectivity index (χ4v) is 2.05. The van der Waals surface area contributed by atoms with Crippen LogP contribution in [0.4, 0.5) is 0 Å². The summed E-state index contributed by atoms with van der Waals surface area (Å²) in [6, 6.07) is 7.44. The Hall–Kier alpha value is -0.880. The highest BCUT2D eigenvalue weighted by Crippen LogP contribution is 2.10. The van der Waals surface area contributed by atoms with E-state index in [1.54, 1.807) is 10.9 Å². The third-order valence-electron chi connectivity index (χ3n) is 2.49. The number of halogens is 2. The standard InChI is InChI=1S/C13H14BrClN2O2/c14-11-5-16-17(6-11)7-13(18)9-19-8-10-1-3-12(15)4-2-10/h1-6,13,18H,7-9H2. The number of benzene rings is 1. The number of hydrogen-bond acceptors (Lipinski definition) is 3. The van der Waals surface area contributed by atoms with Crippen molar-refractivity contribution in [3.63, 3.8) is 0 Å². The second-order valence-corrected chi connectivity index (χ2v) is 5.53. The number of aliphatic hydroxyl groups is 1. The van der Waals surface area contributed by atoms with Gasteiger partial charge < -0.3 is 9.84 Å². The highest BCUT2D eigenvalue weighted by atomic mass is 79.9. The summed E-state index contributed by atoms with van der Waals surface area (Å²) in [5.41, 5.74) is 1.03. The smallest absolute Gasteiger partial charge is 0.0969 e. The van der Waals surface area contributed by atoms with E-state index in [0.717, 1.165) is 10.0 Å². The summed E-state index contributed by atoms with van der Waals surface area (Å²) >= 11 is 9.10. The molecule has 1 N–H and O–H groups in total. The Bertz CT molecular complexity index is 516. The maximum atomic E-state index is 9.81. The predicted molar refractivity (Wildman–Crippen MR) is 77.0 cm³/mol. The van der Waals surface area contributed by atoms with Gasteiger partial charge in [-0.1, -0.05) is 23.7 Å². The van der Waals surface area contributed by atoms with E-state index in [1.165, 1.54) is 0 Å². The van der Waals surface area contributed by atoms with Crippen LogP contribution in [-0.2, 0) is 17.9 Å². The summed E-state index contributed by atoms with van der Waals surface area (Å²) in [5.74, 6) is 0. The molecule has 1 aromatic heterocycles. The van der Waals surface area contributed by atoms with E-state index in [2.05, 4.69) is 21.0 Å². The molecular formula is C13H14BrClN2O2. The molecule has 6 heteroatoms. The number of hydrogen-bond donors (Lipinski definition) is 1. The number of aliphatic hydroxyl groups excluding tert-OH is 1. The minimum Gasteiger partial charge on any atom is -0.389 e. The lowest BCUT2D eigenvalue weighted by Crippen LogP contribution is -2.22. The van der Waals surface area contributed by atoms with Crippen LogP contribution in [0.2, 0.25) is 5.02 Å². The van der Waals surface area contributed by atoms with Crippen molar-refractivity contribution >= 4 is 27.5 Å². The Morgan fingerprint density at radius 2 is 2.11 bits per heavy atom. The zero-order valence-electron chi connectivity index (χ0n) is 10.2. The Morgan fingerprint density at radius 3 is 2.74 bits per heavy atom. The van der Waals surface area contributed by atoms with Gasteiger partial charge in [0.1, 0.15) is 0 Å². The van der Waals surface area contributed by atoms with Crippen LogP contribution in [0.3, 0.4) is 0 Å². The number of rotatable bonds is 6. The van der Waals surface area contributed by atoms with Gasteiger partial charge in [0.25, 0.3) is 0 Å². The first kappa shape index (κ1) is 14.5. The lowest BCUT2D eigenvalue weighted by Gasteiger charge is -2.11. The Balaban J connectivity index is 1.71. The van der Waals surface area contributed by atoms with E-state index in [9.17, 15) is 5.11 Å². The van der Waals surface area contributed by atoms with E-state index in [4.69, 9.17) is 16.3 Å². The topological polar surface area (TPSA) is 47.3 Å². The first-order valence-electron chi connectivity index (χ1n) is 5.81. The Morgan fingerprint density at radius 1 is 1.37 bits per heavy atom. The molecule has 1 atom stereocenters. The van der Waals surface area contributed by atoms with Gasteiger partial charge in [0.2, 0.25) is 0 Å². The summed E-state index contributed by atoms with van der Waals surface area (Å²) in [6.07, 6.45) is 2.91. The van der Waals surface area contributed by atoms with Crippen molar-refractivity contribution in [3.05, 3.63) is 51.7 Å². The fourth-order valence-electron chi connectivity index (χ4n) is 1.60. The summed E-state index contributed by atoms with van der Waals surface area (Å²) in [5, 5.41) is 14.6. The Labute approximate surface area is 125 Å². The van der Waals surface area contributed by atoms with Crippen LogP contribution in [0, 0.1) is 0 Å². The third kappa shape index (κ3) is 4.95. The van der Waals surface area contributed by atoms with Gasteiger partial charge in [-0.25, -0.2) is 0 Å². The average molecular weight is 346 g/mol. The SMILES string of the molecule is OC(COCc1ccc(Cl)cc1)Cn1cc(Br)cn1. The van der Waals surface area contributed by atoms with Gasteiger partial charge in [-0.2, -0.15) is 5.10 Å². The van der Waals surface area contributed by atoms with E-state index in [0.29, 0.717) is 18.2 Å². The van der Waals surface area contributed by atoms with Crippen molar-refractivity contribution < 1.29 is 9.84 Å². The molecule has 0 radical (unpaired) electrons. The molecule has 0 bridgehead atoms. The normalized spacial score (nSPS) is 12.6. The molecule has 0 spiro atoms. The molecule has 2 rings (SSSR count). The molecule has 0 amide bonds. The molecule has 2 aromatic rings. The lowest BCUT2D eigenvalue weighted by atomic mass is 10.2. The van der Waals surface area contributed by atoms with Crippen molar-refractivity contribution in [2.24, 2.45) is 0 Å². The molecule has 0 aliphatic rings. The minimum absolute atomic E-state index is 0.264. The van der Waals surface area contributed by atoms with E-state index >= 15 is 0 Å². The van der Waals surface area contributed by atoms with Crippen LogP contribution in [0.15, 0.2) is 41.1 Å². The second kappa shape index (κ2) is 7.05. The molecule has 0 aliphatic carbocycles. The maximum absolute atomic E-state index is 9.81. The molecule has 19 heavy (non-hydrogen) atoms. The average Bonchev–Trinajstić information content (AvgIpc) is 2.77. The fraction of sp³-hybridized carbons (Fsp3) is 0.308. The van der Waals surface area contributed by atoms with Gasteiger partial charge >= 0.3 is 0 Å². The molecular weight excluding hydrogens is 332 g/mol. The molecule has 0 fully saturated rings. The molecule has 1 heterocycles. The summed E-state index contributed by atoms with van der Waals surface area (Å²) in [4.78, 5) is 0. The number of ether oxygens (including phenoxy) is 1. The lowest BCUT2D eigenvalue weighted by molar-refractivity contribution is 0.0187.